The average molecular weight is 271 g/mol. The molecule has 1 saturated heterocycles. The van der Waals surface area contributed by atoms with Gasteiger partial charge in [0.1, 0.15) is 0 Å². The van der Waals surface area contributed by atoms with Gasteiger partial charge in [-0.15, -0.1) is 10.2 Å². The zero-order valence-corrected chi connectivity index (χ0v) is 11.3. The fourth-order valence-electron chi connectivity index (χ4n) is 2.42. The number of carbonyl (C=O) groups excluding carboxylic acids is 1. The summed E-state index contributed by atoms with van der Waals surface area (Å²) in [6, 6.07) is 9.48. The van der Waals surface area contributed by atoms with Gasteiger partial charge in [0.05, 0.1) is 0 Å². The summed E-state index contributed by atoms with van der Waals surface area (Å²) in [6.07, 6.45) is 4.46. The van der Waals surface area contributed by atoms with Crippen LogP contribution >= 0.6 is 0 Å². The first-order valence-corrected chi connectivity index (χ1v) is 7.03. The number of nitrogens with zero attached hydrogens (tertiary/aromatic N) is 3. The molecule has 0 N–H and O–H groups in total. The molecule has 2 heterocycles. The van der Waals surface area contributed by atoms with Gasteiger partial charge in [-0.2, -0.15) is 0 Å². The molecule has 0 radical (unpaired) electrons. The Morgan fingerprint density at radius 3 is 2.40 bits per heavy atom. The van der Waals surface area contributed by atoms with Crippen LogP contribution in [0.1, 0.15) is 36.4 Å². The summed E-state index contributed by atoms with van der Waals surface area (Å²) in [5.74, 6) is 0.330. The second kappa shape index (κ2) is 5.86. The number of rotatable bonds is 2. The Hall–Kier alpha value is -2.17. The number of carbonyl (C=O) groups is 1. The highest BCUT2D eigenvalue weighted by molar-refractivity contribution is 5.89. The van der Waals surface area contributed by atoms with Crippen LogP contribution in [0.25, 0.3) is 11.5 Å². The van der Waals surface area contributed by atoms with Crippen LogP contribution in [0, 0.1) is 0 Å². The van der Waals surface area contributed by atoms with E-state index in [1.807, 2.05) is 35.2 Å². The van der Waals surface area contributed by atoms with Gasteiger partial charge in [-0.1, -0.05) is 31.0 Å². The number of aromatic nitrogens is 2. The van der Waals surface area contributed by atoms with Gasteiger partial charge in [0, 0.05) is 18.7 Å². The van der Waals surface area contributed by atoms with E-state index in [9.17, 15) is 4.79 Å². The summed E-state index contributed by atoms with van der Waals surface area (Å²) in [5, 5.41) is 7.85. The Balaban J connectivity index is 1.77. The molecule has 1 fully saturated rings. The van der Waals surface area contributed by atoms with Crippen LogP contribution in [0.15, 0.2) is 34.7 Å². The molecule has 104 valence electrons. The van der Waals surface area contributed by atoms with E-state index in [2.05, 4.69) is 10.2 Å². The van der Waals surface area contributed by atoms with Crippen molar-refractivity contribution in [3.63, 3.8) is 0 Å². The number of amides is 1. The van der Waals surface area contributed by atoms with Crippen molar-refractivity contribution in [1.29, 1.82) is 0 Å². The predicted octanol–water partition coefficient (Wildman–Crippen LogP) is 2.75. The molecular weight excluding hydrogens is 254 g/mol. The number of likely N-dealkylation sites (tertiary alicyclic amines) is 1. The molecule has 1 aliphatic heterocycles. The minimum absolute atomic E-state index is 0.0887. The zero-order valence-electron chi connectivity index (χ0n) is 11.3. The molecule has 0 saturated carbocycles. The van der Waals surface area contributed by atoms with Crippen molar-refractivity contribution < 1.29 is 9.21 Å². The Labute approximate surface area is 117 Å². The lowest BCUT2D eigenvalue weighted by molar-refractivity contribution is 0.0722. The van der Waals surface area contributed by atoms with Gasteiger partial charge in [0.15, 0.2) is 0 Å². The first-order chi connectivity index (χ1) is 9.84. The molecule has 1 aliphatic rings. The minimum Gasteiger partial charge on any atom is -0.412 e. The Morgan fingerprint density at radius 1 is 1.00 bits per heavy atom. The highest BCUT2D eigenvalue weighted by atomic mass is 16.4. The molecule has 5 heteroatoms. The first kappa shape index (κ1) is 12.8. The van der Waals surface area contributed by atoms with Crippen molar-refractivity contribution in [2.75, 3.05) is 13.1 Å². The topological polar surface area (TPSA) is 59.2 Å². The molecule has 1 amide bonds. The van der Waals surface area contributed by atoms with Gasteiger partial charge >= 0.3 is 11.8 Å². The maximum atomic E-state index is 12.3. The van der Waals surface area contributed by atoms with Crippen LogP contribution in [-0.2, 0) is 0 Å². The molecule has 0 atom stereocenters. The SMILES string of the molecule is O=C(c1nnc(-c2ccccc2)o1)N1CCCCCC1. The molecule has 2 aromatic rings. The van der Waals surface area contributed by atoms with Crippen LogP contribution in [0.3, 0.4) is 0 Å². The van der Waals surface area contributed by atoms with Crippen LogP contribution in [0.2, 0.25) is 0 Å². The summed E-state index contributed by atoms with van der Waals surface area (Å²) in [5.41, 5.74) is 0.829. The van der Waals surface area contributed by atoms with Crippen molar-refractivity contribution in [2.45, 2.75) is 25.7 Å². The van der Waals surface area contributed by atoms with Gasteiger partial charge < -0.3 is 9.32 Å². The summed E-state index contributed by atoms with van der Waals surface area (Å²) in [4.78, 5) is 14.1. The molecular formula is C15H17N3O2. The number of hydrogen-bond donors (Lipinski definition) is 0. The highest BCUT2D eigenvalue weighted by Crippen LogP contribution is 2.18. The third kappa shape index (κ3) is 2.71. The van der Waals surface area contributed by atoms with E-state index >= 15 is 0 Å². The summed E-state index contributed by atoms with van der Waals surface area (Å²) < 4.78 is 5.51. The second-order valence-electron chi connectivity index (χ2n) is 4.98. The lowest BCUT2D eigenvalue weighted by Gasteiger charge is -2.17. The third-order valence-corrected chi connectivity index (χ3v) is 3.52. The number of benzene rings is 1. The molecule has 0 bridgehead atoms. The quantitative estimate of drug-likeness (QED) is 0.842. The normalized spacial score (nSPS) is 15.9. The zero-order chi connectivity index (χ0) is 13.8. The van der Waals surface area contributed by atoms with Crippen molar-refractivity contribution >= 4 is 5.91 Å². The van der Waals surface area contributed by atoms with Crippen molar-refractivity contribution in [1.82, 2.24) is 15.1 Å². The molecule has 5 nitrogen and oxygen atoms in total. The van der Waals surface area contributed by atoms with E-state index in [-0.39, 0.29) is 11.8 Å². The van der Waals surface area contributed by atoms with Crippen molar-refractivity contribution in [3.8, 4) is 11.5 Å². The molecule has 1 aromatic carbocycles. The first-order valence-electron chi connectivity index (χ1n) is 7.03. The third-order valence-electron chi connectivity index (χ3n) is 3.52. The van der Waals surface area contributed by atoms with E-state index in [1.165, 1.54) is 12.8 Å². The standard InChI is InChI=1S/C15H17N3O2/c19-15(18-10-6-1-2-7-11-18)14-17-16-13(20-14)12-8-4-3-5-9-12/h3-5,8-9H,1-2,6-7,10-11H2. The fourth-order valence-corrected chi connectivity index (χ4v) is 2.42. The molecule has 3 rings (SSSR count). The average Bonchev–Trinajstić information content (AvgIpc) is 2.83. The lowest BCUT2D eigenvalue weighted by atomic mass is 10.2. The largest absolute Gasteiger partial charge is 0.412 e. The lowest BCUT2D eigenvalue weighted by Crippen LogP contribution is -2.32. The van der Waals surface area contributed by atoms with E-state index in [4.69, 9.17) is 4.42 Å². The monoisotopic (exact) mass is 271 g/mol. The van der Waals surface area contributed by atoms with Gasteiger partial charge in [0.25, 0.3) is 0 Å². The Morgan fingerprint density at radius 2 is 1.70 bits per heavy atom. The Kier molecular flexibility index (Phi) is 3.76. The van der Waals surface area contributed by atoms with Gasteiger partial charge in [-0.05, 0) is 25.0 Å². The predicted molar refractivity (Wildman–Crippen MR) is 74.1 cm³/mol. The summed E-state index contributed by atoms with van der Waals surface area (Å²) in [6.45, 7) is 1.56. The van der Waals surface area contributed by atoms with Crippen molar-refractivity contribution in [2.24, 2.45) is 0 Å². The van der Waals surface area contributed by atoms with Crippen molar-refractivity contribution in [3.05, 3.63) is 36.2 Å². The van der Waals surface area contributed by atoms with Crippen LogP contribution in [0.5, 0.6) is 0 Å². The second-order valence-corrected chi connectivity index (χ2v) is 4.98. The summed E-state index contributed by atoms with van der Waals surface area (Å²) in [7, 11) is 0. The van der Waals surface area contributed by atoms with E-state index in [0.29, 0.717) is 5.89 Å². The Bertz CT molecular complexity index is 572. The molecule has 0 unspecified atom stereocenters. The van der Waals surface area contributed by atoms with E-state index in [1.54, 1.807) is 0 Å². The van der Waals surface area contributed by atoms with Gasteiger partial charge in [-0.3, -0.25) is 4.79 Å². The summed E-state index contributed by atoms with van der Waals surface area (Å²) >= 11 is 0. The van der Waals surface area contributed by atoms with Gasteiger partial charge in [-0.25, -0.2) is 0 Å². The maximum absolute atomic E-state index is 12.3. The molecule has 0 spiro atoms. The molecule has 1 aromatic heterocycles. The molecule has 0 aliphatic carbocycles. The van der Waals surface area contributed by atoms with Gasteiger partial charge in [0.2, 0.25) is 5.89 Å². The minimum atomic E-state index is -0.151. The van der Waals surface area contributed by atoms with Crippen LogP contribution in [0.4, 0.5) is 0 Å². The fraction of sp³-hybridized carbons (Fsp3) is 0.400. The van der Waals surface area contributed by atoms with Crippen LogP contribution in [-0.4, -0.2) is 34.1 Å². The van der Waals surface area contributed by atoms with E-state index in [0.717, 1.165) is 31.5 Å². The van der Waals surface area contributed by atoms with Crippen LogP contribution < -0.4 is 0 Å². The highest BCUT2D eigenvalue weighted by Gasteiger charge is 2.23. The maximum Gasteiger partial charge on any atom is 0.311 e. The van der Waals surface area contributed by atoms with E-state index < -0.39 is 0 Å². The smallest absolute Gasteiger partial charge is 0.311 e. The number of hydrogen-bond acceptors (Lipinski definition) is 4. The molecule has 20 heavy (non-hydrogen) atoms.